The Bertz CT molecular complexity index is 368. The van der Waals surface area contributed by atoms with E-state index in [1.54, 1.807) is 0 Å². The molecule has 1 aliphatic heterocycles. The number of nitrogens with two attached hydrogens (primary N) is 1. The number of rotatable bonds is 1. The van der Waals surface area contributed by atoms with Gasteiger partial charge in [0.05, 0.1) is 16.3 Å². The van der Waals surface area contributed by atoms with Crippen molar-refractivity contribution in [3.8, 4) is 0 Å². The molecule has 5 nitrogen and oxygen atoms in total. The van der Waals surface area contributed by atoms with E-state index in [9.17, 15) is 16.8 Å². The van der Waals surface area contributed by atoms with Gasteiger partial charge in [-0.05, 0) is 13.3 Å². The van der Waals surface area contributed by atoms with Crippen LogP contribution in [0.1, 0.15) is 13.3 Å². The van der Waals surface area contributed by atoms with E-state index in [4.69, 9.17) is 5.14 Å². The van der Waals surface area contributed by atoms with Crippen LogP contribution in [0.15, 0.2) is 0 Å². The lowest BCUT2D eigenvalue weighted by Gasteiger charge is -2.10. The number of primary sulfonamides is 1. The van der Waals surface area contributed by atoms with Crippen molar-refractivity contribution in [1.82, 2.24) is 0 Å². The van der Waals surface area contributed by atoms with E-state index in [0.717, 1.165) is 0 Å². The van der Waals surface area contributed by atoms with E-state index in [1.165, 1.54) is 6.92 Å². The average Bonchev–Trinajstić information content (AvgIpc) is 2.06. The maximum Gasteiger partial charge on any atom is 0.213 e. The first-order valence-corrected chi connectivity index (χ1v) is 6.81. The molecule has 1 saturated heterocycles. The zero-order valence-corrected chi connectivity index (χ0v) is 8.23. The summed E-state index contributed by atoms with van der Waals surface area (Å²) in [4.78, 5) is 0. The standard InChI is InChI=1S/C5H11NO4S2/c1-4-5(12(6,9)10)2-3-11(4,7)8/h4-5H,2-3H2,1H3,(H2,6,9,10). The lowest BCUT2D eigenvalue weighted by atomic mass is 10.3. The smallest absolute Gasteiger partial charge is 0.213 e. The minimum absolute atomic E-state index is 0.0741. The molecule has 0 aromatic carbocycles. The van der Waals surface area contributed by atoms with E-state index in [-0.39, 0.29) is 12.2 Å². The molecule has 2 N–H and O–H groups in total. The average molecular weight is 213 g/mol. The van der Waals surface area contributed by atoms with Crippen LogP contribution < -0.4 is 5.14 Å². The molecule has 1 heterocycles. The summed E-state index contributed by atoms with van der Waals surface area (Å²) in [5.74, 6) is -0.0741. The van der Waals surface area contributed by atoms with Crippen molar-refractivity contribution in [2.45, 2.75) is 23.8 Å². The molecule has 0 aromatic rings. The Morgan fingerprint density at radius 1 is 1.42 bits per heavy atom. The van der Waals surface area contributed by atoms with E-state index in [1.807, 2.05) is 0 Å². The number of sulfone groups is 1. The Labute approximate surface area is 71.9 Å². The second kappa shape index (κ2) is 2.68. The molecule has 1 fully saturated rings. The lowest BCUT2D eigenvalue weighted by Crippen LogP contribution is -2.35. The molecular formula is C5H11NO4S2. The van der Waals surface area contributed by atoms with Crippen LogP contribution in [0.5, 0.6) is 0 Å². The maximum atomic E-state index is 11.1. The summed E-state index contributed by atoms with van der Waals surface area (Å²) >= 11 is 0. The third-order valence-corrected chi connectivity index (χ3v) is 6.13. The van der Waals surface area contributed by atoms with Gasteiger partial charge in [0.2, 0.25) is 10.0 Å². The Kier molecular flexibility index (Phi) is 2.22. The van der Waals surface area contributed by atoms with Crippen LogP contribution in [0, 0.1) is 0 Å². The molecule has 0 aromatic heterocycles. The lowest BCUT2D eigenvalue weighted by molar-refractivity contribution is 0.572. The quantitative estimate of drug-likeness (QED) is 0.595. The molecule has 0 spiro atoms. The second-order valence-corrected chi connectivity index (χ2v) is 7.25. The van der Waals surface area contributed by atoms with E-state index in [0.29, 0.717) is 0 Å². The van der Waals surface area contributed by atoms with Crippen molar-refractivity contribution in [2.24, 2.45) is 5.14 Å². The van der Waals surface area contributed by atoms with Crippen molar-refractivity contribution < 1.29 is 16.8 Å². The number of hydrogen-bond acceptors (Lipinski definition) is 4. The molecule has 2 unspecified atom stereocenters. The van der Waals surface area contributed by atoms with Gasteiger partial charge in [0.1, 0.15) is 0 Å². The van der Waals surface area contributed by atoms with Crippen molar-refractivity contribution in [1.29, 1.82) is 0 Å². The third kappa shape index (κ3) is 1.62. The molecule has 0 aliphatic carbocycles. The van der Waals surface area contributed by atoms with Crippen LogP contribution >= 0.6 is 0 Å². The fourth-order valence-electron chi connectivity index (χ4n) is 1.36. The molecule has 0 amide bonds. The SMILES string of the molecule is CC1C(S(N)(=O)=O)CCS1(=O)=O. The molecule has 0 bridgehead atoms. The van der Waals surface area contributed by atoms with Gasteiger partial charge in [-0.25, -0.2) is 22.0 Å². The molecule has 0 radical (unpaired) electrons. The predicted octanol–water partition coefficient (Wildman–Crippen LogP) is -1.15. The van der Waals surface area contributed by atoms with Gasteiger partial charge >= 0.3 is 0 Å². The number of sulfonamides is 1. The first-order chi connectivity index (χ1) is 5.25. The largest absolute Gasteiger partial charge is 0.229 e. The summed E-state index contributed by atoms with van der Waals surface area (Å²) in [7, 11) is -6.92. The Morgan fingerprint density at radius 2 is 1.92 bits per heavy atom. The zero-order chi connectivity index (χ0) is 9.57. The van der Waals surface area contributed by atoms with Gasteiger partial charge < -0.3 is 0 Å². The van der Waals surface area contributed by atoms with Gasteiger partial charge in [-0.3, -0.25) is 0 Å². The highest BCUT2D eigenvalue weighted by Gasteiger charge is 2.42. The monoisotopic (exact) mass is 213 g/mol. The Hall–Kier alpha value is -0.140. The van der Waals surface area contributed by atoms with Crippen LogP contribution in [0.25, 0.3) is 0 Å². The first kappa shape index (κ1) is 9.94. The van der Waals surface area contributed by atoms with Crippen molar-refractivity contribution in [3.63, 3.8) is 0 Å². The van der Waals surface area contributed by atoms with E-state index < -0.39 is 30.4 Å². The highest BCUT2D eigenvalue weighted by molar-refractivity contribution is 7.95. The van der Waals surface area contributed by atoms with Crippen LogP contribution in [-0.2, 0) is 19.9 Å². The highest BCUT2D eigenvalue weighted by Crippen LogP contribution is 2.24. The summed E-state index contributed by atoms with van der Waals surface area (Å²) in [6.07, 6.45) is 0.127. The molecule has 2 atom stereocenters. The summed E-state index contributed by atoms with van der Waals surface area (Å²) in [5, 5.41) is 3.09. The summed E-state index contributed by atoms with van der Waals surface area (Å²) in [6.45, 7) is 1.39. The van der Waals surface area contributed by atoms with Gasteiger partial charge in [-0.2, -0.15) is 0 Å². The molecule has 1 aliphatic rings. The maximum absolute atomic E-state index is 11.1. The molecule has 7 heteroatoms. The fraction of sp³-hybridized carbons (Fsp3) is 1.00. The second-order valence-electron chi connectivity index (χ2n) is 2.99. The normalized spacial score (nSPS) is 35.2. The van der Waals surface area contributed by atoms with Crippen LogP contribution in [0.4, 0.5) is 0 Å². The van der Waals surface area contributed by atoms with Gasteiger partial charge in [0.25, 0.3) is 0 Å². The van der Waals surface area contributed by atoms with Gasteiger partial charge in [-0.1, -0.05) is 0 Å². The minimum Gasteiger partial charge on any atom is -0.229 e. The molecular weight excluding hydrogens is 202 g/mol. The van der Waals surface area contributed by atoms with Crippen molar-refractivity contribution in [3.05, 3.63) is 0 Å². The Balaban J connectivity index is 3.05. The van der Waals surface area contributed by atoms with Gasteiger partial charge in [0.15, 0.2) is 9.84 Å². The van der Waals surface area contributed by atoms with Gasteiger partial charge in [0, 0.05) is 0 Å². The fourth-order valence-corrected chi connectivity index (χ4v) is 5.02. The Morgan fingerprint density at radius 3 is 2.08 bits per heavy atom. The number of hydrogen-bond donors (Lipinski definition) is 1. The summed E-state index contributed by atoms with van der Waals surface area (Å²) in [5.41, 5.74) is 0. The van der Waals surface area contributed by atoms with E-state index in [2.05, 4.69) is 0 Å². The molecule has 72 valence electrons. The van der Waals surface area contributed by atoms with Gasteiger partial charge in [-0.15, -0.1) is 0 Å². The van der Waals surface area contributed by atoms with Crippen LogP contribution in [0.3, 0.4) is 0 Å². The molecule has 0 saturated carbocycles. The summed E-state index contributed by atoms with van der Waals surface area (Å²) in [6, 6.07) is 0. The van der Waals surface area contributed by atoms with Crippen molar-refractivity contribution >= 4 is 19.9 Å². The van der Waals surface area contributed by atoms with Crippen molar-refractivity contribution in [2.75, 3.05) is 5.75 Å². The topological polar surface area (TPSA) is 94.3 Å². The predicted molar refractivity (Wildman–Crippen MR) is 44.8 cm³/mol. The molecule has 1 rings (SSSR count). The highest BCUT2D eigenvalue weighted by atomic mass is 32.2. The van der Waals surface area contributed by atoms with Crippen LogP contribution in [0.2, 0.25) is 0 Å². The summed E-state index contributed by atoms with van der Waals surface area (Å²) < 4.78 is 43.9. The first-order valence-electron chi connectivity index (χ1n) is 3.48. The minimum atomic E-state index is -3.70. The zero-order valence-electron chi connectivity index (χ0n) is 6.60. The molecule has 12 heavy (non-hydrogen) atoms. The van der Waals surface area contributed by atoms with Crippen LogP contribution in [-0.4, -0.2) is 33.1 Å². The third-order valence-electron chi connectivity index (χ3n) is 2.20. The van der Waals surface area contributed by atoms with E-state index >= 15 is 0 Å².